The zero-order chi connectivity index (χ0) is 17.6. The predicted octanol–water partition coefficient (Wildman–Crippen LogP) is 2.90. The van der Waals surface area contributed by atoms with Gasteiger partial charge < -0.3 is 14.8 Å². The minimum Gasteiger partial charge on any atom is -0.478 e. The minimum absolute atomic E-state index is 0.0922. The van der Waals surface area contributed by atoms with Gasteiger partial charge in [-0.15, -0.1) is 0 Å². The molecule has 0 aliphatic heterocycles. The van der Waals surface area contributed by atoms with Gasteiger partial charge >= 0.3 is 5.97 Å². The molecule has 3 aromatic rings. The number of hydrogen-bond acceptors (Lipinski definition) is 4. The number of carboxylic acid groups (broad SMARTS) is 1. The topological polar surface area (TPSA) is 92.4 Å². The average molecular weight is 336 g/mol. The van der Waals surface area contributed by atoms with Crippen molar-refractivity contribution in [3.8, 4) is 11.5 Å². The second-order valence-electron chi connectivity index (χ2n) is 5.47. The van der Waals surface area contributed by atoms with Gasteiger partial charge in [-0.2, -0.15) is 0 Å². The Morgan fingerprint density at radius 3 is 2.64 bits per heavy atom. The molecule has 0 unspecified atom stereocenters. The van der Waals surface area contributed by atoms with Crippen LogP contribution in [0.5, 0.6) is 0 Å². The van der Waals surface area contributed by atoms with Crippen molar-refractivity contribution in [2.45, 2.75) is 13.0 Å². The summed E-state index contributed by atoms with van der Waals surface area (Å²) in [6.45, 7) is 0.253. The molecule has 0 spiro atoms. The maximum Gasteiger partial charge on any atom is 0.335 e. The molecular formula is C19H16N2O4. The first-order chi connectivity index (χ1) is 12.1. The van der Waals surface area contributed by atoms with Crippen molar-refractivity contribution >= 4 is 11.9 Å². The van der Waals surface area contributed by atoms with Gasteiger partial charge in [-0.05, 0) is 29.8 Å². The summed E-state index contributed by atoms with van der Waals surface area (Å²) in [7, 11) is 0. The summed E-state index contributed by atoms with van der Waals surface area (Å²) in [5.41, 5.74) is 2.30. The number of rotatable bonds is 6. The van der Waals surface area contributed by atoms with E-state index in [1.54, 1.807) is 12.1 Å². The Kier molecular flexibility index (Phi) is 4.89. The molecule has 0 aliphatic carbocycles. The van der Waals surface area contributed by atoms with Gasteiger partial charge in [0.05, 0.1) is 17.7 Å². The molecule has 0 saturated carbocycles. The van der Waals surface area contributed by atoms with Crippen LogP contribution in [0.1, 0.15) is 21.6 Å². The standard InChI is InChI=1S/C19H16N2O4/c22-17(20-11-13-5-4-8-15(9-13)19(23)24)10-16-12-25-18(21-16)14-6-2-1-3-7-14/h1-9,12H,10-11H2,(H,20,22)(H,23,24). The summed E-state index contributed by atoms with van der Waals surface area (Å²) in [5, 5.41) is 11.7. The number of carboxylic acids is 1. The van der Waals surface area contributed by atoms with Gasteiger partial charge in [0.15, 0.2) is 0 Å². The molecule has 0 aliphatic rings. The van der Waals surface area contributed by atoms with Crippen molar-refractivity contribution in [3.63, 3.8) is 0 Å². The Hall–Kier alpha value is -3.41. The summed E-state index contributed by atoms with van der Waals surface area (Å²) < 4.78 is 5.40. The molecule has 0 atom stereocenters. The number of benzene rings is 2. The van der Waals surface area contributed by atoms with Crippen molar-refractivity contribution in [1.29, 1.82) is 0 Å². The number of nitrogens with one attached hydrogen (secondary N) is 1. The molecule has 25 heavy (non-hydrogen) atoms. The number of aromatic nitrogens is 1. The lowest BCUT2D eigenvalue weighted by Gasteiger charge is -2.05. The fourth-order valence-electron chi connectivity index (χ4n) is 2.34. The van der Waals surface area contributed by atoms with Crippen molar-refractivity contribution < 1.29 is 19.1 Å². The molecule has 126 valence electrons. The van der Waals surface area contributed by atoms with Crippen LogP contribution in [-0.2, 0) is 17.8 Å². The zero-order valence-electron chi connectivity index (χ0n) is 13.3. The Morgan fingerprint density at radius 2 is 1.88 bits per heavy atom. The van der Waals surface area contributed by atoms with Crippen LogP contribution in [0.3, 0.4) is 0 Å². The van der Waals surface area contributed by atoms with Crippen molar-refractivity contribution in [1.82, 2.24) is 10.3 Å². The summed E-state index contributed by atoms with van der Waals surface area (Å²) >= 11 is 0. The monoisotopic (exact) mass is 336 g/mol. The number of amides is 1. The molecule has 0 bridgehead atoms. The van der Waals surface area contributed by atoms with Gasteiger partial charge in [0.25, 0.3) is 0 Å². The van der Waals surface area contributed by atoms with E-state index in [1.165, 1.54) is 18.4 Å². The van der Waals surface area contributed by atoms with Crippen molar-refractivity contribution in [2.24, 2.45) is 0 Å². The molecule has 6 heteroatoms. The predicted molar refractivity (Wildman–Crippen MR) is 90.9 cm³/mol. The number of carbonyl (C=O) groups is 2. The van der Waals surface area contributed by atoms with E-state index < -0.39 is 5.97 Å². The first-order valence-electron chi connectivity index (χ1n) is 7.70. The average Bonchev–Trinajstić information content (AvgIpc) is 3.09. The van der Waals surface area contributed by atoms with E-state index in [4.69, 9.17) is 9.52 Å². The number of nitrogens with zero attached hydrogens (tertiary/aromatic N) is 1. The van der Waals surface area contributed by atoms with Gasteiger partial charge in [0, 0.05) is 12.1 Å². The molecule has 2 aromatic carbocycles. The maximum absolute atomic E-state index is 12.0. The molecule has 6 nitrogen and oxygen atoms in total. The van der Waals surface area contributed by atoms with Crippen LogP contribution in [0.25, 0.3) is 11.5 Å². The highest BCUT2D eigenvalue weighted by molar-refractivity contribution is 5.87. The van der Waals surface area contributed by atoms with Crippen LogP contribution in [0.15, 0.2) is 65.3 Å². The smallest absolute Gasteiger partial charge is 0.335 e. The lowest BCUT2D eigenvalue weighted by molar-refractivity contribution is -0.120. The number of carbonyl (C=O) groups excluding carboxylic acids is 1. The highest BCUT2D eigenvalue weighted by Crippen LogP contribution is 2.18. The second kappa shape index (κ2) is 7.44. The quantitative estimate of drug-likeness (QED) is 0.722. The van der Waals surface area contributed by atoms with Crippen LogP contribution in [0, 0.1) is 0 Å². The maximum atomic E-state index is 12.0. The van der Waals surface area contributed by atoms with E-state index in [9.17, 15) is 9.59 Å². The third kappa shape index (κ3) is 4.32. The van der Waals surface area contributed by atoms with Gasteiger partial charge in [-0.3, -0.25) is 4.79 Å². The lowest BCUT2D eigenvalue weighted by Crippen LogP contribution is -2.24. The Morgan fingerprint density at radius 1 is 1.08 bits per heavy atom. The van der Waals surface area contributed by atoms with Gasteiger partial charge in [-0.25, -0.2) is 9.78 Å². The largest absolute Gasteiger partial charge is 0.478 e. The fourth-order valence-corrected chi connectivity index (χ4v) is 2.34. The van der Waals surface area contributed by atoms with Crippen LogP contribution < -0.4 is 5.32 Å². The van der Waals surface area contributed by atoms with Crippen LogP contribution in [-0.4, -0.2) is 22.0 Å². The molecule has 2 N–H and O–H groups in total. The van der Waals surface area contributed by atoms with E-state index in [2.05, 4.69) is 10.3 Å². The molecular weight excluding hydrogens is 320 g/mol. The summed E-state index contributed by atoms with van der Waals surface area (Å²) in [6.07, 6.45) is 1.56. The van der Waals surface area contributed by atoms with Crippen molar-refractivity contribution in [3.05, 3.63) is 77.7 Å². The van der Waals surface area contributed by atoms with Gasteiger partial charge in [-0.1, -0.05) is 30.3 Å². The van der Waals surface area contributed by atoms with Gasteiger partial charge in [0.2, 0.25) is 11.8 Å². The normalized spacial score (nSPS) is 10.4. The molecule has 0 radical (unpaired) electrons. The molecule has 1 heterocycles. The summed E-state index contributed by atoms with van der Waals surface area (Å²) in [5.74, 6) is -0.740. The Bertz CT molecular complexity index is 887. The van der Waals surface area contributed by atoms with E-state index in [1.807, 2.05) is 30.3 Å². The number of aromatic carboxylic acids is 1. The lowest BCUT2D eigenvalue weighted by atomic mass is 10.1. The number of hydrogen-bond donors (Lipinski definition) is 2. The third-order valence-electron chi connectivity index (χ3n) is 3.58. The van der Waals surface area contributed by atoms with E-state index in [0.717, 1.165) is 11.1 Å². The summed E-state index contributed by atoms with van der Waals surface area (Å²) in [6, 6.07) is 15.9. The van der Waals surface area contributed by atoms with Crippen LogP contribution in [0.2, 0.25) is 0 Å². The second-order valence-corrected chi connectivity index (χ2v) is 5.47. The van der Waals surface area contributed by atoms with Crippen LogP contribution >= 0.6 is 0 Å². The first-order valence-corrected chi connectivity index (χ1v) is 7.70. The first kappa shape index (κ1) is 16.4. The third-order valence-corrected chi connectivity index (χ3v) is 3.58. The molecule has 1 aromatic heterocycles. The highest BCUT2D eigenvalue weighted by Gasteiger charge is 2.10. The van der Waals surface area contributed by atoms with Crippen molar-refractivity contribution in [2.75, 3.05) is 0 Å². The number of oxazole rings is 1. The van der Waals surface area contributed by atoms with E-state index in [-0.39, 0.29) is 24.4 Å². The van der Waals surface area contributed by atoms with E-state index >= 15 is 0 Å². The molecule has 0 fully saturated rings. The summed E-state index contributed by atoms with van der Waals surface area (Å²) in [4.78, 5) is 27.3. The molecule has 3 rings (SSSR count). The van der Waals surface area contributed by atoms with Gasteiger partial charge in [0.1, 0.15) is 6.26 Å². The zero-order valence-corrected chi connectivity index (χ0v) is 13.3. The minimum atomic E-state index is -0.996. The van der Waals surface area contributed by atoms with E-state index in [0.29, 0.717) is 11.6 Å². The Labute approximate surface area is 144 Å². The Balaban J connectivity index is 1.57. The van der Waals surface area contributed by atoms with Crippen LogP contribution in [0.4, 0.5) is 0 Å². The fraction of sp³-hybridized carbons (Fsp3) is 0.105. The molecule has 0 saturated heterocycles. The molecule has 1 amide bonds. The highest BCUT2D eigenvalue weighted by atomic mass is 16.4. The SMILES string of the molecule is O=C(Cc1coc(-c2ccccc2)n1)NCc1cccc(C(=O)O)c1.